The predicted molar refractivity (Wildman–Crippen MR) is 46.8 cm³/mol. The van der Waals surface area contributed by atoms with Gasteiger partial charge in [0.05, 0.1) is 6.20 Å². The van der Waals surface area contributed by atoms with Crippen molar-refractivity contribution in [3.8, 4) is 11.4 Å². The van der Waals surface area contributed by atoms with E-state index in [0.717, 1.165) is 6.20 Å². The molecule has 2 aromatic heterocycles. The summed E-state index contributed by atoms with van der Waals surface area (Å²) in [5, 5.41) is 9.12. The number of rotatable bonds is 1. The number of nitrogens with one attached hydrogen (secondary N) is 1. The zero-order valence-electron chi connectivity index (χ0n) is 7.65. The fourth-order valence-electron chi connectivity index (χ4n) is 1.11. The number of anilines is 1. The molecule has 0 atom stereocenters. The van der Waals surface area contributed by atoms with Crippen LogP contribution in [0.4, 0.5) is 19.1 Å². The summed E-state index contributed by atoms with van der Waals surface area (Å²) in [6, 6.07) is 0. The zero-order chi connectivity index (χ0) is 11.8. The maximum Gasteiger partial charge on any atom is 0.420 e. The molecule has 2 rings (SSSR count). The van der Waals surface area contributed by atoms with Gasteiger partial charge < -0.3 is 5.73 Å². The molecular weight excluding hydrogens is 225 g/mol. The van der Waals surface area contributed by atoms with Crippen molar-refractivity contribution in [3.63, 3.8) is 0 Å². The zero-order valence-corrected chi connectivity index (χ0v) is 7.65. The minimum absolute atomic E-state index is 0.0403. The third-order valence-corrected chi connectivity index (χ3v) is 1.77. The topological polar surface area (TPSA) is 93.4 Å². The highest BCUT2D eigenvalue weighted by Gasteiger charge is 2.35. The van der Waals surface area contributed by atoms with Crippen LogP contribution in [0.25, 0.3) is 11.4 Å². The predicted octanol–water partition coefficient (Wildman–Crippen LogP) is 0.863. The van der Waals surface area contributed by atoms with Crippen molar-refractivity contribution in [2.45, 2.75) is 6.18 Å². The highest BCUT2D eigenvalue weighted by molar-refractivity contribution is 5.59. The van der Waals surface area contributed by atoms with Gasteiger partial charge in [0.25, 0.3) is 0 Å². The van der Waals surface area contributed by atoms with E-state index in [1.54, 1.807) is 0 Å². The fourth-order valence-corrected chi connectivity index (χ4v) is 1.11. The standard InChI is InChI=1S/C7H5F3N6/c8-7(9,10)3-1-12-6(11)14-5(3)4-2-13-16-15-4/h1-2H,(H2,11,12,14)(H,13,15,16). The highest BCUT2D eigenvalue weighted by atomic mass is 19.4. The Hall–Kier alpha value is -2.19. The summed E-state index contributed by atoms with van der Waals surface area (Å²) in [5.41, 5.74) is 3.79. The second-order valence-corrected chi connectivity index (χ2v) is 2.84. The molecule has 0 saturated heterocycles. The number of aromatic nitrogens is 5. The van der Waals surface area contributed by atoms with Gasteiger partial charge >= 0.3 is 6.18 Å². The molecule has 0 bridgehead atoms. The maximum atomic E-state index is 12.6. The minimum Gasteiger partial charge on any atom is -0.368 e. The Labute approximate surface area is 86.7 Å². The first-order valence-corrected chi connectivity index (χ1v) is 4.04. The molecule has 0 aliphatic heterocycles. The van der Waals surface area contributed by atoms with Crippen LogP contribution >= 0.6 is 0 Å². The van der Waals surface area contributed by atoms with Crippen molar-refractivity contribution >= 4 is 5.95 Å². The van der Waals surface area contributed by atoms with Gasteiger partial charge in [0.1, 0.15) is 17.0 Å². The Balaban J connectivity index is 2.63. The molecule has 2 aromatic rings. The number of hydrogen-bond acceptors (Lipinski definition) is 5. The van der Waals surface area contributed by atoms with Crippen LogP contribution < -0.4 is 5.73 Å². The van der Waals surface area contributed by atoms with Crippen LogP contribution in [0.15, 0.2) is 12.4 Å². The fraction of sp³-hybridized carbons (Fsp3) is 0.143. The summed E-state index contributed by atoms with van der Waals surface area (Å²) in [7, 11) is 0. The van der Waals surface area contributed by atoms with Gasteiger partial charge in [-0.1, -0.05) is 0 Å². The Morgan fingerprint density at radius 1 is 1.25 bits per heavy atom. The molecule has 3 N–H and O–H groups in total. The van der Waals surface area contributed by atoms with Crippen molar-refractivity contribution in [2.75, 3.05) is 5.73 Å². The van der Waals surface area contributed by atoms with Crippen molar-refractivity contribution in [3.05, 3.63) is 18.0 Å². The van der Waals surface area contributed by atoms with Crippen LogP contribution in [0.2, 0.25) is 0 Å². The second kappa shape index (κ2) is 3.43. The molecule has 0 spiro atoms. The molecule has 0 saturated carbocycles. The lowest BCUT2D eigenvalue weighted by Gasteiger charge is -2.09. The Morgan fingerprint density at radius 2 is 2.00 bits per heavy atom. The van der Waals surface area contributed by atoms with E-state index in [1.807, 2.05) is 0 Å². The summed E-state index contributed by atoms with van der Waals surface area (Å²) < 4.78 is 37.8. The van der Waals surface area contributed by atoms with Crippen LogP contribution in [-0.4, -0.2) is 25.4 Å². The summed E-state index contributed by atoms with van der Waals surface area (Å²) in [5.74, 6) is -0.258. The van der Waals surface area contributed by atoms with E-state index in [-0.39, 0.29) is 11.6 Å². The number of nitrogens with zero attached hydrogens (tertiary/aromatic N) is 4. The number of aromatic amines is 1. The number of nitrogen functional groups attached to an aromatic ring is 1. The van der Waals surface area contributed by atoms with E-state index < -0.39 is 17.4 Å². The highest BCUT2D eigenvalue weighted by Crippen LogP contribution is 2.34. The number of hydrogen-bond donors (Lipinski definition) is 2. The summed E-state index contributed by atoms with van der Waals surface area (Å²) >= 11 is 0. The molecule has 0 fully saturated rings. The molecule has 0 aliphatic carbocycles. The lowest BCUT2D eigenvalue weighted by molar-refractivity contribution is -0.137. The Morgan fingerprint density at radius 3 is 2.56 bits per heavy atom. The van der Waals surface area contributed by atoms with Crippen LogP contribution in [0.3, 0.4) is 0 Å². The van der Waals surface area contributed by atoms with Crippen molar-refractivity contribution in [2.24, 2.45) is 0 Å². The second-order valence-electron chi connectivity index (χ2n) is 2.84. The van der Waals surface area contributed by atoms with Gasteiger partial charge in [-0.3, -0.25) is 0 Å². The molecule has 0 aliphatic rings. The van der Waals surface area contributed by atoms with Crippen molar-refractivity contribution in [1.82, 2.24) is 25.4 Å². The SMILES string of the molecule is Nc1ncc(C(F)(F)F)c(-c2cn[nH]n2)n1. The van der Waals surface area contributed by atoms with Crippen LogP contribution in [-0.2, 0) is 6.18 Å². The molecule has 16 heavy (non-hydrogen) atoms. The van der Waals surface area contributed by atoms with Gasteiger partial charge in [-0.2, -0.15) is 28.6 Å². The van der Waals surface area contributed by atoms with E-state index in [0.29, 0.717) is 6.20 Å². The quantitative estimate of drug-likeness (QED) is 0.757. The smallest absolute Gasteiger partial charge is 0.368 e. The van der Waals surface area contributed by atoms with E-state index in [2.05, 4.69) is 25.4 Å². The molecule has 9 heteroatoms. The maximum absolute atomic E-state index is 12.6. The van der Waals surface area contributed by atoms with E-state index in [4.69, 9.17) is 5.73 Å². The summed E-state index contributed by atoms with van der Waals surface area (Å²) in [6.45, 7) is 0. The van der Waals surface area contributed by atoms with Gasteiger partial charge in [0.2, 0.25) is 5.95 Å². The van der Waals surface area contributed by atoms with Gasteiger partial charge in [-0.25, -0.2) is 9.97 Å². The summed E-state index contributed by atoms with van der Waals surface area (Å²) in [4.78, 5) is 6.81. The number of alkyl halides is 3. The van der Waals surface area contributed by atoms with E-state index >= 15 is 0 Å². The molecule has 0 aromatic carbocycles. The number of H-pyrrole nitrogens is 1. The Bertz CT molecular complexity index is 491. The Kier molecular flexibility index (Phi) is 2.22. The largest absolute Gasteiger partial charge is 0.420 e. The van der Waals surface area contributed by atoms with Gasteiger partial charge in [0.15, 0.2) is 0 Å². The van der Waals surface area contributed by atoms with E-state index in [1.165, 1.54) is 0 Å². The molecule has 84 valence electrons. The normalized spacial score (nSPS) is 11.7. The third kappa shape index (κ3) is 1.78. The summed E-state index contributed by atoms with van der Waals surface area (Å²) in [6.07, 6.45) is -2.83. The number of halogens is 3. The van der Waals surface area contributed by atoms with Crippen LogP contribution in [0, 0.1) is 0 Å². The first kappa shape index (κ1) is 10.3. The van der Waals surface area contributed by atoms with Crippen molar-refractivity contribution in [1.29, 1.82) is 0 Å². The minimum atomic E-state index is -4.57. The van der Waals surface area contributed by atoms with Crippen LogP contribution in [0.5, 0.6) is 0 Å². The average Bonchev–Trinajstić information content (AvgIpc) is 2.68. The first-order valence-electron chi connectivity index (χ1n) is 4.04. The van der Waals surface area contributed by atoms with Gasteiger partial charge in [0, 0.05) is 6.20 Å². The van der Waals surface area contributed by atoms with Crippen LogP contribution in [0.1, 0.15) is 5.56 Å². The van der Waals surface area contributed by atoms with Gasteiger partial charge in [-0.05, 0) is 0 Å². The molecule has 0 unspecified atom stereocenters. The molecule has 6 nitrogen and oxygen atoms in total. The first-order chi connectivity index (χ1) is 7.48. The molecule has 0 radical (unpaired) electrons. The molecule has 0 amide bonds. The lowest BCUT2D eigenvalue weighted by atomic mass is 10.2. The number of nitrogens with two attached hydrogens (primary N) is 1. The van der Waals surface area contributed by atoms with E-state index in [9.17, 15) is 13.2 Å². The van der Waals surface area contributed by atoms with Crippen molar-refractivity contribution < 1.29 is 13.2 Å². The van der Waals surface area contributed by atoms with Gasteiger partial charge in [-0.15, -0.1) is 0 Å². The monoisotopic (exact) mass is 230 g/mol. The molecular formula is C7H5F3N6. The molecule has 2 heterocycles. The average molecular weight is 230 g/mol. The third-order valence-electron chi connectivity index (χ3n) is 1.77. The lowest BCUT2D eigenvalue weighted by Crippen LogP contribution is -2.11.